The molecule has 0 aliphatic rings. The van der Waals surface area contributed by atoms with Crippen molar-refractivity contribution >= 4 is 0 Å². The molecule has 1 atom stereocenters. The van der Waals surface area contributed by atoms with Crippen LogP contribution in [0.1, 0.15) is 24.9 Å². The Morgan fingerprint density at radius 2 is 2.00 bits per heavy atom. The molecule has 0 aliphatic heterocycles. The summed E-state index contributed by atoms with van der Waals surface area (Å²) in [7, 11) is 0. The third-order valence-corrected chi connectivity index (χ3v) is 2.18. The highest BCUT2D eigenvalue weighted by atomic mass is 19.4. The predicted molar refractivity (Wildman–Crippen MR) is 56.3 cm³/mol. The Bertz CT molecular complexity index is 355. The minimum Gasteiger partial charge on any atom is -0.508 e. The molecule has 3 nitrogen and oxygen atoms in total. The molecule has 0 spiro atoms. The number of para-hydroxylation sites is 1. The molecular weight excluding hydrogens is 235 g/mol. The van der Waals surface area contributed by atoms with Crippen LogP contribution in [0.3, 0.4) is 0 Å². The highest BCUT2D eigenvalue weighted by molar-refractivity contribution is 5.34. The smallest absolute Gasteiger partial charge is 0.413 e. The number of halogens is 3. The van der Waals surface area contributed by atoms with E-state index in [1.54, 1.807) is 25.1 Å². The molecule has 17 heavy (non-hydrogen) atoms. The summed E-state index contributed by atoms with van der Waals surface area (Å²) < 4.78 is 35.6. The van der Waals surface area contributed by atoms with Gasteiger partial charge in [0.25, 0.3) is 0 Å². The number of hydroxylamine groups is 1. The van der Waals surface area contributed by atoms with Crippen LogP contribution in [0.2, 0.25) is 0 Å². The largest absolute Gasteiger partial charge is 0.508 e. The van der Waals surface area contributed by atoms with Gasteiger partial charge in [-0.15, -0.1) is 0 Å². The van der Waals surface area contributed by atoms with Crippen molar-refractivity contribution in [3.63, 3.8) is 0 Å². The van der Waals surface area contributed by atoms with Crippen molar-refractivity contribution in [1.82, 2.24) is 5.48 Å². The molecule has 0 fully saturated rings. The van der Waals surface area contributed by atoms with Gasteiger partial charge in [-0.05, 0) is 12.5 Å². The van der Waals surface area contributed by atoms with Crippen molar-refractivity contribution in [3.8, 4) is 5.75 Å². The maximum absolute atomic E-state index is 11.9. The number of phenols is 1. The van der Waals surface area contributed by atoms with E-state index in [4.69, 9.17) is 0 Å². The molecule has 1 unspecified atom stereocenters. The van der Waals surface area contributed by atoms with Gasteiger partial charge in [0, 0.05) is 5.56 Å². The summed E-state index contributed by atoms with van der Waals surface area (Å²) in [6.45, 7) is 0.415. The van der Waals surface area contributed by atoms with Crippen molar-refractivity contribution < 1.29 is 23.1 Å². The minimum atomic E-state index is -4.37. The van der Waals surface area contributed by atoms with E-state index in [1.165, 1.54) is 6.07 Å². The summed E-state index contributed by atoms with van der Waals surface area (Å²) in [5.74, 6) is 0.0301. The van der Waals surface area contributed by atoms with Crippen molar-refractivity contribution in [3.05, 3.63) is 29.8 Å². The van der Waals surface area contributed by atoms with Gasteiger partial charge < -0.3 is 5.11 Å². The highest BCUT2D eigenvalue weighted by Crippen LogP contribution is 2.26. The topological polar surface area (TPSA) is 41.5 Å². The molecular formula is C11H14F3NO2. The van der Waals surface area contributed by atoms with E-state index in [9.17, 15) is 18.3 Å². The summed E-state index contributed by atoms with van der Waals surface area (Å²) in [5, 5.41) is 9.55. The second kappa shape index (κ2) is 5.88. The van der Waals surface area contributed by atoms with Crippen molar-refractivity contribution in [2.24, 2.45) is 0 Å². The highest BCUT2D eigenvalue weighted by Gasteiger charge is 2.28. The van der Waals surface area contributed by atoms with E-state index >= 15 is 0 Å². The summed E-state index contributed by atoms with van der Waals surface area (Å²) in [6.07, 6.45) is -3.88. The van der Waals surface area contributed by atoms with Crippen LogP contribution in [-0.2, 0) is 4.84 Å². The van der Waals surface area contributed by atoms with Gasteiger partial charge >= 0.3 is 6.18 Å². The molecule has 6 heteroatoms. The molecule has 0 bridgehead atoms. The lowest BCUT2D eigenvalue weighted by Crippen LogP contribution is -2.27. The van der Waals surface area contributed by atoms with E-state index in [-0.39, 0.29) is 5.75 Å². The second-order valence-electron chi connectivity index (χ2n) is 3.54. The quantitative estimate of drug-likeness (QED) is 0.788. The van der Waals surface area contributed by atoms with Gasteiger partial charge in [-0.25, -0.2) is 0 Å². The third-order valence-electron chi connectivity index (χ3n) is 2.18. The fourth-order valence-corrected chi connectivity index (χ4v) is 1.37. The van der Waals surface area contributed by atoms with Gasteiger partial charge in [0.1, 0.15) is 5.75 Å². The van der Waals surface area contributed by atoms with Gasteiger partial charge in [-0.3, -0.25) is 4.84 Å². The lowest BCUT2D eigenvalue weighted by atomic mass is 10.0. The fourth-order valence-electron chi connectivity index (χ4n) is 1.37. The molecule has 96 valence electrons. The monoisotopic (exact) mass is 249 g/mol. The number of aromatic hydroxyl groups is 1. The second-order valence-corrected chi connectivity index (χ2v) is 3.54. The average molecular weight is 249 g/mol. The van der Waals surface area contributed by atoms with Crippen LogP contribution < -0.4 is 5.48 Å². The zero-order valence-corrected chi connectivity index (χ0v) is 9.29. The predicted octanol–water partition coefficient (Wildman–Crippen LogP) is 2.93. The molecule has 0 saturated heterocycles. The Morgan fingerprint density at radius 1 is 1.35 bits per heavy atom. The van der Waals surface area contributed by atoms with E-state index in [0.717, 1.165) is 0 Å². The first-order valence-corrected chi connectivity index (χ1v) is 5.16. The number of nitrogens with one attached hydrogen (secondary N) is 1. The maximum atomic E-state index is 11.9. The van der Waals surface area contributed by atoms with Crippen molar-refractivity contribution in [2.75, 3.05) is 6.61 Å². The molecule has 0 aliphatic carbocycles. The van der Waals surface area contributed by atoms with Gasteiger partial charge in [0.05, 0.1) is 6.04 Å². The first-order chi connectivity index (χ1) is 7.94. The lowest BCUT2D eigenvalue weighted by molar-refractivity contribution is -0.193. The van der Waals surface area contributed by atoms with Gasteiger partial charge in [0.2, 0.25) is 0 Å². The van der Waals surface area contributed by atoms with E-state index in [2.05, 4.69) is 10.3 Å². The Balaban J connectivity index is 2.58. The number of hydrogen-bond donors (Lipinski definition) is 2. The number of alkyl halides is 3. The molecule has 0 amide bonds. The van der Waals surface area contributed by atoms with E-state index in [0.29, 0.717) is 12.0 Å². The molecule has 2 N–H and O–H groups in total. The summed E-state index contributed by atoms with van der Waals surface area (Å²) in [6, 6.07) is 5.97. The summed E-state index contributed by atoms with van der Waals surface area (Å²) in [4.78, 5) is 4.37. The molecule has 0 aromatic heterocycles. The van der Waals surface area contributed by atoms with Crippen LogP contribution in [0, 0.1) is 0 Å². The van der Waals surface area contributed by atoms with Crippen molar-refractivity contribution in [2.45, 2.75) is 25.6 Å². The van der Waals surface area contributed by atoms with Crippen molar-refractivity contribution in [1.29, 1.82) is 0 Å². The number of benzene rings is 1. The lowest BCUT2D eigenvalue weighted by Gasteiger charge is -2.18. The fraction of sp³-hybridized carbons (Fsp3) is 0.455. The minimum absolute atomic E-state index is 0.0301. The first-order valence-electron chi connectivity index (χ1n) is 5.16. The number of phenolic OH excluding ortho intramolecular Hbond substituents is 1. The Kier molecular flexibility index (Phi) is 4.77. The molecule has 1 rings (SSSR count). The van der Waals surface area contributed by atoms with E-state index in [1.807, 2.05) is 0 Å². The molecule has 1 aromatic carbocycles. The standard InChI is InChI=1S/C11H14F3NO2/c1-2-9(15-17-7-11(12,13)14)8-5-3-4-6-10(8)16/h3-6,9,15-16H,2,7H2,1H3. The van der Waals surface area contributed by atoms with Crippen LogP contribution in [0.4, 0.5) is 13.2 Å². The molecule has 0 heterocycles. The van der Waals surface area contributed by atoms with Crippen LogP contribution in [-0.4, -0.2) is 17.9 Å². The van der Waals surface area contributed by atoms with Gasteiger partial charge in [-0.1, -0.05) is 25.1 Å². The molecule has 0 saturated carbocycles. The number of hydrogen-bond acceptors (Lipinski definition) is 3. The van der Waals surface area contributed by atoms with Gasteiger partial charge in [0.15, 0.2) is 6.61 Å². The summed E-state index contributed by atoms with van der Waals surface area (Å²) in [5.41, 5.74) is 2.81. The third kappa shape index (κ3) is 4.62. The molecule has 1 aromatic rings. The first kappa shape index (κ1) is 13.8. The normalized spacial score (nSPS) is 13.6. The zero-order valence-electron chi connectivity index (χ0n) is 9.29. The zero-order chi connectivity index (χ0) is 12.9. The van der Waals surface area contributed by atoms with Crippen LogP contribution in [0.5, 0.6) is 5.75 Å². The van der Waals surface area contributed by atoms with E-state index < -0.39 is 18.8 Å². The Labute approximate surface area is 97.2 Å². The maximum Gasteiger partial charge on any atom is 0.413 e. The SMILES string of the molecule is CCC(NOCC(F)(F)F)c1ccccc1O. The molecule has 0 radical (unpaired) electrons. The van der Waals surface area contributed by atoms with Gasteiger partial charge in [-0.2, -0.15) is 18.7 Å². The number of rotatable bonds is 5. The summed E-state index contributed by atoms with van der Waals surface area (Å²) >= 11 is 0. The Hall–Kier alpha value is -1.27. The van der Waals surface area contributed by atoms with Crippen LogP contribution >= 0.6 is 0 Å². The Morgan fingerprint density at radius 3 is 2.53 bits per heavy atom. The van der Waals surface area contributed by atoms with Crippen LogP contribution in [0.15, 0.2) is 24.3 Å². The average Bonchev–Trinajstić information content (AvgIpc) is 2.24. The van der Waals surface area contributed by atoms with Crippen LogP contribution in [0.25, 0.3) is 0 Å².